The number of hydrogen-bond donors (Lipinski definition) is 1. The van der Waals surface area contributed by atoms with Gasteiger partial charge in [0, 0.05) is 18.8 Å². The van der Waals surface area contributed by atoms with E-state index in [1.54, 1.807) is 57.0 Å². The Kier molecular flexibility index (Phi) is 6.37. The lowest BCUT2D eigenvalue weighted by Crippen LogP contribution is -2.32. The highest BCUT2D eigenvalue weighted by molar-refractivity contribution is 7.93. The van der Waals surface area contributed by atoms with Gasteiger partial charge in [-0.25, -0.2) is 18.2 Å². The summed E-state index contributed by atoms with van der Waals surface area (Å²) in [7, 11) is -0.576. The molecule has 9 nitrogen and oxygen atoms in total. The number of nitrogens with one attached hydrogen (secondary N) is 1. The van der Waals surface area contributed by atoms with Crippen LogP contribution in [-0.2, 0) is 28.2 Å². The number of aryl methyl sites for hydroxylation is 1. The second-order valence-electron chi connectivity index (χ2n) is 7.73. The Morgan fingerprint density at radius 3 is 2.55 bits per heavy atom. The number of aromatic nitrogens is 3. The molecular weight excluding hydrogens is 440 g/mol. The highest BCUT2D eigenvalue weighted by atomic mass is 32.2. The molecule has 1 aromatic carbocycles. The van der Waals surface area contributed by atoms with Gasteiger partial charge in [0.15, 0.2) is 0 Å². The van der Waals surface area contributed by atoms with Crippen LogP contribution < -0.4 is 10.1 Å². The van der Waals surface area contributed by atoms with Crippen molar-refractivity contribution in [2.24, 2.45) is 7.05 Å². The molecule has 0 unspecified atom stereocenters. The fourth-order valence-electron chi connectivity index (χ4n) is 2.66. The summed E-state index contributed by atoms with van der Waals surface area (Å²) in [6.45, 7) is 5.34. The first-order valence-electron chi connectivity index (χ1n) is 9.33. The Bertz CT molecular complexity index is 1190. The third-order valence-corrected chi connectivity index (χ3v) is 7.24. The summed E-state index contributed by atoms with van der Waals surface area (Å²) in [6, 6.07) is 4.79. The van der Waals surface area contributed by atoms with Gasteiger partial charge in [0.2, 0.25) is 9.84 Å². The number of sulfone groups is 1. The lowest BCUT2D eigenvalue weighted by atomic mass is 10.1. The lowest BCUT2D eigenvalue weighted by molar-refractivity contribution is 0.0523. The molecule has 0 atom stereocenters. The topological polar surface area (TPSA) is 112 Å². The quantitative estimate of drug-likeness (QED) is 0.595. The molecule has 0 fully saturated rings. The fraction of sp³-hybridized carbons (Fsp3) is 0.350. The average Bonchev–Trinajstić information content (AvgIpc) is 3.34. The molecule has 0 saturated carbocycles. The highest BCUT2D eigenvalue weighted by Crippen LogP contribution is 2.32. The number of benzene rings is 1. The molecule has 0 radical (unpaired) electrons. The van der Waals surface area contributed by atoms with Gasteiger partial charge in [-0.05, 0) is 44.5 Å². The van der Waals surface area contributed by atoms with Gasteiger partial charge in [-0.2, -0.15) is 5.10 Å². The lowest BCUT2D eigenvalue weighted by Gasteiger charge is -2.19. The van der Waals surface area contributed by atoms with Crippen molar-refractivity contribution in [2.45, 2.75) is 42.0 Å². The maximum Gasteiger partial charge on any atom is 0.408 e. The van der Waals surface area contributed by atoms with Crippen molar-refractivity contribution in [3.05, 3.63) is 41.8 Å². The van der Waals surface area contributed by atoms with Crippen molar-refractivity contribution in [3.8, 4) is 16.9 Å². The van der Waals surface area contributed by atoms with Crippen LogP contribution in [0.2, 0.25) is 0 Å². The highest BCUT2D eigenvalue weighted by Gasteiger charge is 2.23. The van der Waals surface area contributed by atoms with E-state index in [-0.39, 0.29) is 15.6 Å². The van der Waals surface area contributed by atoms with Gasteiger partial charge in [0.1, 0.15) is 20.6 Å². The van der Waals surface area contributed by atoms with Crippen LogP contribution in [0.1, 0.15) is 25.8 Å². The molecule has 1 amide bonds. The average molecular weight is 465 g/mol. The predicted octanol–water partition coefficient (Wildman–Crippen LogP) is 3.41. The molecule has 11 heteroatoms. The molecule has 3 rings (SSSR count). The Morgan fingerprint density at radius 1 is 1.19 bits per heavy atom. The van der Waals surface area contributed by atoms with Crippen molar-refractivity contribution in [1.82, 2.24) is 20.1 Å². The summed E-state index contributed by atoms with van der Waals surface area (Å²) < 4.78 is 38.6. The molecule has 166 valence electrons. The number of carbonyl (C=O) groups is 1. The minimum atomic E-state index is -3.84. The van der Waals surface area contributed by atoms with Gasteiger partial charge in [-0.1, -0.05) is 0 Å². The summed E-state index contributed by atoms with van der Waals surface area (Å²) in [5.41, 5.74) is 0.812. The standard InChI is InChI=1S/C20H24N4O5S2/c1-20(2,3)29-19(25)22-10-17-21-11-18(30-17)31(26,27)16-7-13(6-15(8-16)28-5)14-9-23-24(4)12-14/h6-9,11-12H,10H2,1-5H3,(H,22,25). The zero-order chi connectivity index (χ0) is 22.8. The first-order valence-corrected chi connectivity index (χ1v) is 11.6. The molecule has 0 bridgehead atoms. The van der Waals surface area contributed by atoms with Crippen molar-refractivity contribution >= 4 is 27.3 Å². The molecule has 0 aliphatic heterocycles. The normalized spacial score (nSPS) is 11.9. The number of ether oxygens (including phenoxy) is 2. The minimum absolute atomic E-state index is 0.0636. The van der Waals surface area contributed by atoms with Crippen molar-refractivity contribution < 1.29 is 22.7 Å². The number of nitrogens with zero attached hydrogens (tertiary/aromatic N) is 3. The number of carbonyl (C=O) groups excluding carboxylic acids is 1. The van der Waals surface area contributed by atoms with E-state index in [2.05, 4.69) is 15.4 Å². The van der Waals surface area contributed by atoms with E-state index in [1.807, 2.05) is 0 Å². The van der Waals surface area contributed by atoms with E-state index >= 15 is 0 Å². The summed E-state index contributed by atoms with van der Waals surface area (Å²) in [6.07, 6.45) is 4.13. The van der Waals surface area contributed by atoms with Gasteiger partial charge in [-0.15, -0.1) is 11.3 Å². The van der Waals surface area contributed by atoms with E-state index in [0.717, 1.165) is 16.9 Å². The van der Waals surface area contributed by atoms with E-state index in [0.29, 0.717) is 16.3 Å². The third-order valence-electron chi connectivity index (χ3n) is 4.04. The third kappa shape index (κ3) is 5.61. The van der Waals surface area contributed by atoms with Crippen LogP contribution in [0.4, 0.5) is 4.79 Å². The molecule has 1 N–H and O–H groups in total. The second kappa shape index (κ2) is 8.67. The summed E-state index contributed by atoms with van der Waals surface area (Å²) in [4.78, 5) is 16.0. The van der Waals surface area contributed by atoms with E-state index < -0.39 is 21.5 Å². The maximum absolute atomic E-state index is 13.2. The van der Waals surface area contributed by atoms with Gasteiger partial charge in [0.05, 0.1) is 30.9 Å². The number of thiazole rings is 1. The first-order chi connectivity index (χ1) is 14.5. The van der Waals surface area contributed by atoms with Crippen molar-refractivity contribution in [1.29, 1.82) is 0 Å². The van der Waals surface area contributed by atoms with Crippen LogP contribution in [0, 0.1) is 0 Å². The summed E-state index contributed by atoms with van der Waals surface area (Å²) in [5, 5.41) is 7.15. The molecule has 0 aliphatic carbocycles. The molecule has 0 saturated heterocycles. The zero-order valence-electron chi connectivity index (χ0n) is 17.9. The fourth-order valence-corrected chi connectivity index (χ4v) is 5.24. The first kappa shape index (κ1) is 22.8. The summed E-state index contributed by atoms with van der Waals surface area (Å²) in [5.74, 6) is 0.413. The smallest absolute Gasteiger partial charge is 0.408 e. The Hall–Kier alpha value is -2.92. The number of alkyl carbamates (subject to hydrolysis) is 1. The van der Waals surface area contributed by atoms with Crippen LogP contribution in [0.5, 0.6) is 5.75 Å². The van der Waals surface area contributed by atoms with E-state index in [9.17, 15) is 13.2 Å². The largest absolute Gasteiger partial charge is 0.497 e. The Morgan fingerprint density at radius 2 is 1.94 bits per heavy atom. The maximum atomic E-state index is 13.2. The molecule has 2 aromatic heterocycles. The van der Waals surface area contributed by atoms with Crippen LogP contribution in [-0.4, -0.2) is 42.0 Å². The SMILES string of the molecule is COc1cc(-c2cnn(C)c2)cc(S(=O)(=O)c2cnc(CNC(=O)OC(C)(C)C)s2)c1. The number of methoxy groups -OCH3 is 1. The van der Waals surface area contributed by atoms with E-state index in [4.69, 9.17) is 9.47 Å². The second-order valence-corrected chi connectivity index (χ2v) is 11.0. The molecule has 0 aliphatic rings. The van der Waals surface area contributed by atoms with Gasteiger partial charge >= 0.3 is 6.09 Å². The number of rotatable bonds is 6. The molecule has 0 spiro atoms. The summed E-state index contributed by atoms with van der Waals surface area (Å²) >= 11 is 0.987. The van der Waals surface area contributed by atoms with E-state index in [1.165, 1.54) is 19.4 Å². The molecule has 2 heterocycles. The number of amides is 1. The van der Waals surface area contributed by atoms with Crippen molar-refractivity contribution in [3.63, 3.8) is 0 Å². The Labute approximate surface area is 184 Å². The zero-order valence-corrected chi connectivity index (χ0v) is 19.5. The number of hydrogen-bond acceptors (Lipinski definition) is 8. The van der Waals surface area contributed by atoms with Gasteiger partial charge in [0.25, 0.3) is 0 Å². The molecular formula is C20H24N4O5S2. The predicted molar refractivity (Wildman–Crippen MR) is 116 cm³/mol. The van der Waals surface area contributed by atoms with Crippen molar-refractivity contribution in [2.75, 3.05) is 7.11 Å². The van der Waals surface area contributed by atoms with Crippen LogP contribution in [0.25, 0.3) is 11.1 Å². The monoisotopic (exact) mass is 464 g/mol. The van der Waals surface area contributed by atoms with Crippen LogP contribution in [0.15, 0.2) is 45.9 Å². The Balaban J connectivity index is 1.84. The van der Waals surface area contributed by atoms with Gasteiger partial charge in [-0.3, -0.25) is 4.68 Å². The van der Waals surface area contributed by atoms with Gasteiger partial charge < -0.3 is 14.8 Å². The minimum Gasteiger partial charge on any atom is -0.497 e. The molecule has 3 aromatic rings. The van der Waals surface area contributed by atoms with Crippen LogP contribution >= 0.6 is 11.3 Å². The molecule has 31 heavy (non-hydrogen) atoms. The van der Waals surface area contributed by atoms with Crippen LogP contribution in [0.3, 0.4) is 0 Å².